The molecular formula is C47H28N2. The smallest absolute Gasteiger partial charge is 0.160 e. The van der Waals surface area contributed by atoms with Crippen molar-refractivity contribution in [1.82, 2.24) is 9.97 Å². The predicted molar refractivity (Wildman–Crippen MR) is 202 cm³/mol. The summed E-state index contributed by atoms with van der Waals surface area (Å²) < 4.78 is 0. The Kier molecular flexibility index (Phi) is 5.34. The van der Waals surface area contributed by atoms with Gasteiger partial charge in [0.15, 0.2) is 5.82 Å². The van der Waals surface area contributed by atoms with Gasteiger partial charge < -0.3 is 0 Å². The summed E-state index contributed by atoms with van der Waals surface area (Å²) in [4.78, 5) is 10.5. The van der Waals surface area contributed by atoms with Crippen molar-refractivity contribution in [3.63, 3.8) is 0 Å². The third-order valence-electron chi connectivity index (χ3n) is 10.9. The third-order valence-corrected chi connectivity index (χ3v) is 10.9. The van der Waals surface area contributed by atoms with Crippen LogP contribution < -0.4 is 0 Å². The Labute approximate surface area is 284 Å². The van der Waals surface area contributed by atoms with Crippen molar-refractivity contribution in [1.29, 1.82) is 0 Å². The van der Waals surface area contributed by atoms with Gasteiger partial charge in [-0.1, -0.05) is 158 Å². The number of nitrogens with zero attached hydrogens (tertiary/aromatic N) is 2. The van der Waals surface area contributed by atoms with Crippen LogP contribution in [0.25, 0.3) is 77.3 Å². The summed E-state index contributed by atoms with van der Waals surface area (Å²) in [5.74, 6) is 0.738. The van der Waals surface area contributed by atoms with Crippen molar-refractivity contribution in [2.45, 2.75) is 5.41 Å². The monoisotopic (exact) mass is 620 g/mol. The average molecular weight is 621 g/mol. The first kappa shape index (κ1) is 26.7. The van der Waals surface area contributed by atoms with Crippen molar-refractivity contribution >= 4 is 32.4 Å². The minimum atomic E-state index is -0.419. The highest BCUT2D eigenvalue weighted by Gasteiger charge is 2.50. The molecule has 2 aliphatic rings. The van der Waals surface area contributed by atoms with E-state index in [4.69, 9.17) is 9.97 Å². The van der Waals surface area contributed by atoms with E-state index < -0.39 is 5.41 Å². The summed E-state index contributed by atoms with van der Waals surface area (Å²) in [6.45, 7) is 0. The normalized spacial score (nSPS) is 13.5. The molecule has 0 saturated carbocycles. The summed E-state index contributed by atoms with van der Waals surface area (Å²) in [6, 6.07) is 61.7. The SMILES string of the molecule is c1ccc(-c2ccc(-c3nc(-c4ccc5c(c4)C4(c6ccccc6-5)c5cccc6ccc7cccc4c7c56)nc4ccccc34)cc2)cc1. The molecule has 0 amide bonds. The van der Waals surface area contributed by atoms with Crippen LogP contribution in [0.2, 0.25) is 0 Å². The Bertz CT molecular complexity index is 2750. The van der Waals surface area contributed by atoms with Crippen molar-refractivity contribution in [2.24, 2.45) is 0 Å². The van der Waals surface area contributed by atoms with Crippen LogP contribution in [0, 0.1) is 0 Å². The van der Waals surface area contributed by atoms with Crippen LogP contribution in [0.1, 0.15) is 22.3 Å². The number of aromatic nitrogens is 2. The van der Waals surface area contributed by atoms with Gasteiger partial charge in [-0.2, -0.15) is 0 Å². The van der Waals surface area contributed by atoms with Gasteiger partial charge in [-0.25, -0.2) is 9.97 Å². The molecule has 0 saturated heterocycles. The molecule has 2 aliphatic carbocycles. The lowest BCUT2D eigenvalue weighted by molar-refractivity contribution is 0.797. The van der Waals surface area contributed by atoms with E-state index in [9.17, 15) is 0 Å². The molecule has 0 radical (unpaired) electrons. The summed E-state index contributed by atoms with van der Waals surface area (Å²) in [5, 5.41) is 6.36. The fourth-order valence-corrected chi connectivity index (χ4v) is 8.80. The molecule has 49 heavy (non-hydrogen) atoms. The zero-order valence-corrected chi connectivity index (χ0v) is 26.6. The Hall–Kier alpha value is -6.38. The number of rotatable bonds is 3. The van der Waals surface area contributed by atoms with E-state index in [0.29, 0.717) is 0 Å². The highest BCUT2D eigenvalue weighted by atomic mass is 14.9. The highest BCUT2D eigenvalue weighted by Crippen LogP contribution is 2.62. The van der Waals surface area contributed by atoms with Crippen LogP contribution in [-0.2, 0) is 5.41 Å². The lowest BCUT2D eigenvalue weighted by Gasteiger charge is -2.31. The van der Waals surface area contributed by atoms with Crippen LogP contribution in [-0.4, -0.2) is 9.97 Å². The van der Waals surface area contributed by atoms with E-state index >= 15 is 0 Å². The molecule has 0 fully saturated rings. The van der Waals surface area contributed by atoms with Crippen LogP contribution >= 0.6 is 0 Å². The van der Waals surface area contributed by atoms with E-state index in [1.807, 2.05) is 0 Å². The molecule has 226 valence electrons. The lowest BCUT2D eigenvalue weighted by Crippen LogP contribution is -2.26. The van der Waals surface area contributed by atoms with Crippen LogP contribution in [0.15, 0.2) is 170 Å². The largest absolute Gasteiger partial charge is 0.228 e. The molecule has 2 heteroatoms. The Morgan fingerprint density at radius 2 is 0.959 bits per heavy atom. The van der Waals surface area contributed by atoms with Crippen LogP contribution in [0.5, 0.6) is 0 Å². The van der Waals surface area contributed by atoms with Crippen molar-refractivity contribution in [2.75, 3.05) is 0 Å². The summed E-state index contributed by atoms with van der Waals surface area (Å²) in [7, 11) is 0. The fraction of sp³-hybridized carbons (Fsp3) is 0.0213. The van der Waals surface area contributed by atoms with Gasteiger partial charge in [0, 0.05) is 16.5 Å². The van der Waals surface area contributed by atoms with Crippen molar-refractivity contribution in [3.8, 4) is 44.9 Å². The molecule has 1 aromatic heterocycles. The van der Waals surface area contributed by atoms with Gasteiger partial charge in [0.05, 0.1) is 16.6 Å². The summed E-state index contributed by atoms with van der Waals surface area (Å²) in [5.41, 5.74) is 13.9. The molecule has 11 rings (SSSR count). The third kappa shape index (κ3) is 3.55. The molecule has 9 aromatic rings. The zero-order valence-electron chi connectivity index (χ0n) is 26.6. The maximum absolute atomic E-state index is 5.34. The minimum Gasteiger partial charge on any atom is -0.228 e. The van der Waals surface area contributed by atoms with E-state index in [1.54, 1.807) is 0 Å². The Morgan fingerprint density at radius 3 is 1.73 bits per heavy atom. The average Bonchev–Trinajstić information content (AvgIpc) is 3.65. The minimum absolute atomic E-state index is 0.419. The molecular weight excluding hydrogens is 593 g/mol. The first-order valence-corrected chi connectivity index (χ1v) is 16.9. The predicted octanol–water partition coefficient (Wildman–Crippen LogP) is 11.6. The second-order valence-corrected chi connectivity index (χ2v) is 13.3. The standard InChI is InChI=1S/C47H28N2/c1-2-10-29(11-3-1)30-20-24-33(25-21-30)45-37-15-5-7-19-42(37)48-46(49-45)34-26-27-36-35-14-4-6-16-38(35)47(41(36)28-34)39-17-8-12-31-22-23-32-13-9-18-40(47)44(32)43(31)39/h1-28H. The van der Waals surface area contributed by atoms with Gasteiger partial charge in [0.25, 0.3) is 0 Å². The molecule has 1 heterocycles. The lowest BCUT2D eigenvalue weighted by atomic mass is 9.70. The number of benzene rings is 8. The zero-order chi connectivity index (χ0) is 32.1. The summed E-state index contributed by atoms with van der Waals surface area (Å²) >= 11 is 0. The van der Waals surface area contributed by atoms with E-state index in [1.165, 1.54) is 66.1 Å². The maximum Gasteiger partial charge on any atom is 0.160 e. The molecule has 0 unspecified atom stereocenters. The fourth-order valence-electron chi connectivity index (χ4n) is 8.80. The highest BCUT2D eigenvalue weighted by molar-refractivity contribution is 6.17. The van der Waals surface area contributed by atoms with E-state index in [-0.39, 0.29) is 0 Å². The first-order chi connectivity index (χ1) is 24.3. The van der Waals surface area contributed by atoms with Crippen LogP contribution in [0.3, 0.4) is 0 Å². The van der Waals surface area contributed by atoms with E-state index in [0.717, 1.165) is 33.5 Å². The molecule has 8 aromatic carbocycles. The van der Waals surface area contributed by atoms with Gasteiger partial charge >= 0.3 is 0 Å². The Morgan fingerprint density at radius 1 is 0.367 bits per heavy atom. The van der Waals surface area contributed by atoms with E-state index in [2.05, 4.69) is 170 Å². The Balaban J connectivity index is 1.15. The number of hydrogen-bond acceptors (Lipinski definition) is 2. The second-order valence-electron chi connectivity index (χ2n) is 13.3. The molecule has 0 atom stereocenters. The first-order valence-electron chi connectivity index (χ1n) is 16.9. The quantitative estimate of drug-likeness (QED) is 0.184. The van der Waals surface area contributed by atoms with Crippen LogP contribution in [0.4, 0.5) is 0 Å². The van der Waals surface area contributed by atoms with Crippen molar-refractivity contribution in [3.05, 3.63) is 192 Å². The maximum atomic E-state index is 5.34. The molecule has 2 nitrogen and oxygen atoms in total. The molecule has 0 aliphatic heterocycles. The number of fused-ring (bicyclic) bond motifs is 8. The van der Waals surface area contributed by atoms with Gasteiger partial charge in [0.2, 0.25) is 0 Å². The van der Waals surface area contributed by atoms with Gasteiger partial charge in [-0.3, -0.25) is 0 Å². The van der Waals surface area contributed by atoms with Gasteiger partial charge in [-0.15, -0.1) is 0 Å². The van der Waals surface area contributed by atoms with Crippen molar-refractivity contribution < 1.29 is 0 Å². The second kappa shape index (κ2) is 9.82. The molecule has 0 N–H and O–H groups in total. The van der Waals surface area contributed by atoms with Gasteiger partial charge in [-0.05, 0) is 78.2 Å². The van der Waals surface area contributed by atoms with Gasteiger partial charge in [0.1, 0.15) is 0 Å². The number of hydrogen-bond donors (Lipinski definition) is 0. The topological polar surface area (TPSA) is 25.8 Å². The molecule has 0 bridgehead atoms. The molecule has 1 spiro atoms. The number of para-hydroxylation sites is 1. The summed E-state index contributed by atoms with van der Waals surface area (Å²) in [6.07, 6.45) is 0.